The minimum atomic E-state index is -0.505. The van der Waals surface area contributed by atoms with Crippen LogP contribution in [0.3, 0.4) is 0 Å². The van der Waals surface area contributed by atoms with Gasteiger partial charge in [0.15, 0.2) is 11.5 Å². The maximum atomic E-state index is 15.4. The van der Waals surface area contributed by atoms with Crippen molar-refractivity contribution in [3.8, 4) is 11.5 Å². The monoisotopic (exact) mass is 552 g/mol. The quantitative estimate of drug-likeness (QED) is 0.243. The zero-order chi connectivity index (χ0) is 28.5. The van der Waals surface area contributed by atoms with E-state index in [0.29, 0.717) is 40.5 Å². The number of nitrogens with one attached hydrogen (secondary N) is 1. The fourth-order valence-corrected chi connectivity index (χ4v) is 5.57. The molecule has 1 N–H and O–H groups in total. The fraction of sp³-hybridized carbons (Fsp3) is 0.267. The predicted octanol–water partition coefficient (Wildman–Crippen LogP) is 5.72. The fourth-order valence-electron chi connectivity index (χ4n) is 5.57. The van der Waals surface area contributed by atoms with Crippen LogP contribution in [0.25, 0.3) is 16.7 Å². The summed E-state index contributed by atoms with van der Waals surface area (Å²) in [4.78, 5) is 32.2. The number of likely N-dealkylation sites (N-methyl/N-ethyl adjacent to an activating group) is 1. The Morgan fingerprint density at radius 2 is 2.07 bits per heavy atom. The molecule has 1 saturated carbocycles. The zero-order valence-electron chi connectivity index (χ0n) is 22.8. The van der Waals surface area contributed by atoms with Gasteiger partial charge in [0, 0.05) is 42.5 Å². The number of nitrogens with zero attached hydrogens (tertiary/aromatic N) is 7. The standard InChI is InChI=1S/C30H29FN8O2/c1-4-28(40)38(5-2)25-8-6-7-20(25)22-9-10-23-29(36-22)30(34-16-32-23)37-24-13-18(3)26(15-21(24)31)41-19-11-12-39-27(14-19)33-17-35-39/h4,9-17,20,25H,1,5-8H2,2-3H3,(H,32,34,37)/t20-,25+/m0/s1. The lowest BCUT2D eigenvalue weighted by atomic mass is 9.97. The number of anilines is 2. The molecule has 10 nitrogen and oxygen atoms in total. The lowest BCUT2D eigenvalue weighted by Gasteiger charge is -2.31. The van der Waals surface area contributed by atoms with E-state index in [1.165, 1.54) is 24.8 Å². The molecule has 0 spiro atoms. The second-order valence-electron chi connectivity index (χ2n) is 10.0. The summed E-state index contributed by atoms with van der Waals surface area (Å²) in [5.74, 6) is 0.789. The minimum absolute atomic E-state index is 0.0367. The Hall–Kier alpha value is -4.93. The van der Waals surface area contributed by atoms with Gasteiger partial charge in [-0.1, -0.05) is 13.0 Å². The number of fused-ring (bicyclic) bond motifs is 2. The lowest BCUT2D eigenvalue weighted by Crippen LogP contribution is -2.40. The number of hydrogen-bond acceptors (Lipinski definition) is 8. The van der Waals surface area contributed by atoms with Crippen LogP contribution in [-0.4, -0.2) is 52.9 Å². The summed E-state index contributed by atoms with van der Waals surface area (Å²) in [5, 5.41) is 7.19. The Balaban J connectivity index is 1.29. The number of carbonyl (C=O) groups excluding carboxylic acids is 1. The van der Waals surface area contributed by atoms with Gasteiger partial charge in [-0.3, -0.25) is 4.79 Å². The summed E-state index contributed by atoms with van der Waals surface area (Å²) in [5.41, 5.74) is 3.62. The molecule has 0 aliphatic heterocycles. The van der Waals surface area contributed by atoms with Crippen LogP contribution in [0.5, 0.6) is 11.5 Å². The van der Waals surface area contributed by atoms with E-state index in [2.05, 4.69) is 31.9 Å². The molecular weight excluding hydrogens is 523 g/mol. The van der Waals surface area contributed by atoms with Crippen molar-refractivity contribution in [2.24, 2.45) is 0 Å². The van der Waals surface area contributed by atoms with Crippen molar-refractivity contribution in [2.45, 2.75) is 45.1 Å². The van der Waals surface area contributed by atoms with Crippen molar-refractivity contribution in [1.82, 2.24) is 34.4 Å². The molecule has 1 aromatic carbocycles. The molecule has 0 unspecified atom stereocenters. The number of aromatic nitrogens is 6. The topological polar surface area (TPSA) is 110 Å². The van der Waals surface area contributed by atoms with Crippen molar-refractivity contribution in [2.75, 3.05) is 11.9 Å². The predicted molar refractivity (Wildman–Crippen MR) is 153 cm³/mol. The second kappa shape index (κ2) is 10.9. The van der Waals surface area contributed by atoms with Crippen LogP contribution in [0.4, 0.5) is 15.9 Å². The van der Waals surface area contributed by atoms with E-state index in [1.807, 2.05) is 30.9 Å². The van der Waals surface area contributed by atoms with E-state index < -0.39 is 5.82 Å². The summed E-state index contributed by atoms with van der Waals surface area (Å²) in [6.45, 7) is 8.08. The molecule has 0 bridgehead atoms. The van der Waals surface area contributed by atoms with Gasteiger partial charge in [-0.25, -0.2) is 28.8 Å². The van der Waals surface area contributed by atoms with Crippen LogP contribution in [-0.2, 0) is 4.79 Å². The number of pyridine rings is 2. The summed E-state index contributed by atoms with van der Waals surface area (Å²) in [6.07, 6.45) is 8.79. The number of halogens is 1. The highest BCUT2D eigenvalue weighted by molar-refractivity contribution is 5.88. The van der Waals surface area contributed by atoms with Gasteiger partial charge in [-0.15, -0.1) is 0 Å². The molecule has 11 heteroatoms. The van der Waals surface area contributed by atoms with Crippen molar-refractivity contribution in [1.29, 1.82) is 0 Å². The smallest absolute Gasteiger partial charge is 0.246 e. The van der Waals surface area contributed by atoms with Crippen LogP contribution in [0.1, 0.15) is 43.4 Å². The molecule has 4 aromatic heterocycles. The van der Waals surface area contributed by atoms with Crippen molar-refractivity contribution < 1.29 is 13.9 Å². The second-order valence-corrected chi connectivity index (χ2v) is 10.0. The summed E-state index contributed by atoms with van der Waals surface area (Å²) >= 11 is 0. The van der Waals surface area contributed by atoms with Gasteiger partial charge >= 0.3 is 0 Å². The lowest BCUT2D eigenvalue weighted by molar-refractivity contribution is -0.128. The van der Waals surface area contributed by atoms with Gasteiger partial charge in [-0.05, 0) is 62.6 Å². The third-order valence-corrected chi connectivity index (χ3v) is 7.56. The number of carbonyl (C=O) groups is 1. The first-order chi connectivity index (χ1) is 19.9. The number of rotatable bonds is 8. The Morgan fingerprint density at radius 3 is 2.90 bits per heavy atom. The highest BCUT2D eigenvalue weighted by atomic mass is 19.1. The first-order valence-electron chi connectivity index (χ1n) is 13.5. The van der Waals surface area contributed by atoms with Crippen molar-refractivity contribution in [3.05, 3.63) is 85.0 Å². The maximum Gasteiger partial charge on any atom is 0.246 e. The first kappa shape index (κ1) is 26.3. The molecule has 1 fully saturated rings. The van der Waals surface area contributed by atoms with Crippen molar-refractivity contribution in [3.63, 3.8) is 0 Å². The highest BCUT2D eigenvalue weighted by Gasteiger charge is 2.35. The Bertz CT molecular complexity index is 1770. The van der Waals surface area contributed by atoms with Gasteiger partial charge in [0.2, 0.25) is 5.91 Å². The molecule has 6 rings (SSSR count). The molecule has 0 saturated heterocycles. The third kappa shape index (κ3) is 5.06. The zero-order valence-corrected chi connectivity index (χ0v) is 22.8. The number of hydrogen-bond donors (Lipinski definition) is 1. The van der Waals surface area contributed by atoms with E-state index in [0.717, 1.165) is 30.5 Å². The van der Waals surface area contributed by atoms with Crippen molar-refractivity contribution >= 4 is 34.1 Å². The Morgan fingerprint density at radius 1 is 1.20 bits per heavy atom. The first-order valence-corrected chi connectivity index (χ1v) is 13.5. The van der Waals surface area contributed by atoms with Crippen LogP contribution in [0, 0.1) is 12.7 Å². The maximum absolute atomic E-state index is 15.4. The number of benzene rings is 1. The van der Waals surface area contributed by atoms with Gasteiger partial charge in [0.1, 0.15) is 35.5 Å². The molecule has 5 aromatic rings. The van der Waals surface area contributed by atoms with Crippen LogP contribution in [0.15, 0.2) is 67.9 Å². The number of ether oxygens (including phenoxy) is 1. The largest absolute Gasteiger partial charge is 0.457 e. The molecule has 208 valence electrons. The van der Waals surface area contributed by atoms with E-state index in [4.69, 9.17) is 9.72 Å². The molecular formula is C30H29FN8O2. The van der Waals surface area contributed by atoms with Gasteiger partial charge < -0.3 is 15.0 Å². The molecule has 41 heavy (non-hydrogen) atoms. The van der Waals surface area contributed by atoms with Crippen LogP contribution >= 0.6 is 0 Å². The van der Waals surface area contributed by atoms with Gasteiger partial charge in [0.25, 0.3) is 0 Å². The Kier molecular flexibility index (Phi) is 7.00. The van der Waals surface area contributed by atoms with E-state index in [9.17, 15) is 4.79 Å². The molecule has 4 heterocycles. The molecule has 1 amide bonds. The summed E-state index contributed by atoms with van der Waals surface area (Å²) in [7, 11) is 0. The van der Waals surface area contributed by atoms with Crippen LogP contribution in [0.2, 0.25) is 0 Å². The average molecular weight is 553 g/mol. The molecule has 1 aliphatic rings. The number of amides is 1. The van der Waals surface area contributed by atoms with E-state index >= 15 is 4.39 Å². The SMILES string of the molecule is C=CC(=O)N(CC)[C@@H]1CCC[C@H]1c1ccc2ncnc(Nc3cc(C)c(Oc4ccn5ncnc5c4)cc3F)c2n1. The highest BCUT2D eigenvalue weighted by Crippen LogP contribution is 2.38. The molecule has 1 aliphatic carbocycles. The summed E-state index contributed by atoms with van der Waals surface area (Å²) in [6, 6.07) is 10.4. The van der Waals surface area contributed by atoms with E-state index in [-0.39, 0.29) is 23.6 Å². The molecule has 2 atom stereocenters. The van der Waals surface area contributed by atoms with Crippen LogP contribution < -0.4 is 10.1 Å². The molecule has 0 radical (unpaired) electrons. The van der Waals surface area contributed by atoms with E-state index in [1.54, 1.807) is 28.9 Å². The van der Waals surface area contributed by atoms with Gasteiger partial charge in [-0.2, -0.15) is 5.10 Å². The summed E-state index contributed by atoms with van der Waals surface area (Å²) < 4.78 is 22.9. The minimum Gasteiger partial charge on any atom is -0.457 e. The normalized spacial score (nSPS) is 16.7. The number of aryl methyl sites for hydroxylation is 1. The third-order valence-electron chi connectivity index (χ3n) is 7.56. The average Bonchev–Trinajstić information content (AvgIpc) is 3.66. The van der Waals surface area contributed by atoms with Gasteiger partial charge in [0.05, 0.1) is 11.2 Å². The Labute approximate surface area is 235 Å².